The van der Waals surface area contributed by atoms with E-state index in [0.717, 1.165) is 33.8 Å². The summed E-state index contributed by atoms with van der Waals surface area (Å²) in [5, 5.41) is 6.27. The molecule has 7 heteroatoms. The highest BCUT2D eigenvalue weighted by Crippen LogP contribution is 2.26. The maximum Gasteiger partial charge on any atom is 0.253 e. The minimum Gasteiger partial charge on any atom is -0.384 e. The number of benzene rings is 2. The van der Waals surface area contributed by atoms with E-state index in [1.807, 2.05) is 48.5 Å². The lowest BCUT2D eigenvalue weighted by Gasteiger charge is -2.12. The number of pyridine rings is 2. The van der Waals surface area contributed by atoms with Gasteiger partial charge in [-0.3, -0.25) is 14.8 Å². The minimum atomic E-state index is -0.230. The fraction of sp³-hybridized carbons (Fsp3) is 0.148. The van der Waals surface area contributed by atoms with Crippen molar-refractivity contribution in [3.8, 4) is 11.3 Å². The first-order chi connectivity index (χ1) is 16.6. The Morgan fingerprint density at radius 3 is 2.62 bits per heavy atom. The predicted molar refractivity (Wildman–Crippen MR) is 132 cm³/mol. The van der Waals surface area contributed by atoms with E-state index in [2.05, 4.69) is 20.6 Å². The van der Waals surface area contributed by atoms with Crippen LogP contribution in [0, 0.1) is 5.82 Å². The van der Waals surface area contributed by atoms with Crippen molar-refractivity contribution in [1.29, 1.82) is 0 Å². The summed E-state index contributed by atoms with van der Waals surface area (Å²) in [6.45, 7) is 1.39. The second kappa shape index (κ2) is 11.2. The van der Waals surface area contributed by atoms with E-state index in [4.69, 9.17) is 5.73 Å². The molecule has 0 unspecified atom stereocenters. The molecule has 172 valence electrons. The average molecular weight is 456 g/mol. The normalized spacial score (nSPS) is 10.6. The van der Waals surface area contributed by atoms with E-state index in [9.17, 15) is 9.18 Å². The summed E-state index contributed by atoms with van der Waals surface area (Å²) in [7, 11) is 0. The lowest BCUT2D eigenvalue weighted by atomic mass is 10.1. The van der Waals surface area contributed by atoms with Gasteiger partial charge in [-0.05, 0) is 60.0 Å². The number of carbonyl (C=O) groups is 1. The number of nitrogens with two attached hydrogens (primary N) is 1. The standard InChI is InChI=1S/C27H26FN5O/c28-22-5-3-4-19(14-22)10-13-31-25-7-2-1-6-24(25)26-9-8-21(17-32-26)27(34)33-18-23-15-20(16-29)11-12-30-23/h1-9,11-12,14-15,17,31H,10,13,16,18,29H2,(H,33,34). The molecule has 0 aliphatic rings. The third-order valence-corrected chi connectivity index (χ3v) is 5.39. The van der Waals surface area contributed by atoms with Crippen LogP contribution in [-0.2, 0) is 19.5 Å². The molecule has 0 fully saturated rings. The van der Waals surface area contributed by atoms with E-state index >= 15 is 0 Å². The van der Waals surface area contributed by atoms with Crippen LogP contribution in [0.1, 0.15) is 27.2 Å². The minimum absolute atomic E-state index is 0.222. The van der Waals surface area contributed by atoms with Gasteiger partial charge in [-0.15, -0.1) is 0 Å². The number of hydrogen-bond acceptors (Lipinski definition) is 5. The smallest absolute Gasteiger partial charge is 0.253 e. The van der Waals surface area contributed by atoms with Gasteiger partial charge in [0.25, 0.3) is 5.91 Å². The lowest BCUT2D eigenvalue weighted by molar-refractivity contribution is 0.0950. The van der Waals surface area contributed by atoms with Crippen LogP contribution >= 0.6 is 0 Å². The van der Waals surface area contributed by atoms with E-state index in [0.29, 0.717) is 31.6 Å². The van der Waals surface area contributed by atoms with E-state index < -0.39 is 0 Å². The number of halogens is 1. The molecule has 2 aromatic heterocycles. The Morgan fingerprint density at radius 2 is 1.82 bits per heavy atom. The molecule has 0 bridgehead atoms. The van der Waals surface area contributed by atoms with Gasteiger partial charge in [0.15, 0.2) is 0 Å². The molecule has 0 saturated carbocycles. The molecule has 0 spiro atoms. The molecule has 2 heterocycles. The highest BCUT2D eigenvalue weighted by Gasteiger charge is 2.10. The van der Waals surface area contributed by atoms with Crippen molar-refractivity contribution >= 4 is 11.6 Å². The highest BCUT2D eigenvalue weighted by molar-refractivity contribution is 5.94. The number of hydrogen-bond donors (Lipinski definition) is 3. The van der Waals surface area contributed by atoms with Crippen LogP contribution in [0.2, 0.25) is 0 Å². The second-order valence-corrected chi connectivity index (χ2v) is 7.83. The van der Waals surface area contributed by atoms with E-state index in [-0.39, 0.29) is 11.7 Å². The van der Waals surface area contributed by atoms with Crippen LogP contribution in [0.5, 0.6) is 0 Å². The predicted octanol–water partition coefficient (Wildman–Crippen LogP) is 4.33. The van der Waals surface area contributed by atoms with Crippen molar-refractivity contribution in [1.82, 2.24) is 15.3 Å². The Morgan fingerprint density at radius 1 is 0.941 bits per heavy atom. The number of nitrogens with one attached hydrogen (secondary N) is 2. The first-order valence-corrected chi connectivity index (χ1v) is 11.1. The molecule has 4 N–H and O–H groups in total. The fourth-order valence-electron chi connectivity index (χ4n) is 3.61. The molecular formula is C27H26FN5O. The van der Waals surface area contributed by atoms with Gasteiger partial charge in [0.05, 0.1) is 23.5 Å². The molecule has 6 nitrogen and oxygen atoms in total. The summed E-state index contributed by atoms with van der Waals surface area (Å²) >= 11 is 0. The van der Waals surface area contributed by atoms with Crippen LogP contribution in [0.15, 0.2) is 85.2 Å². The van der Waals surface area contributed by atoms with E-state index in [1.165, 1.54) is 6.07 Å². The zero-order valence-corrected chi connectivity index (χ0v) is 18.7. The number of aromatic nitrogens is 2. The maximum atomic E-state index is 13.4. The van der Waals surface area contributed by atoms with Crippen molar-refractivity contribution in [3.05, 3.63) is 113 Å². The SMILES string of the molecule is NCc1ccnc(CNC(=O)c2ccc(-c3ccccc3NCCc3cccc(F)c3)nc2)c1. The summed E-state index contributed by atoms with van der Waals surface area (Å²) in [4.78, 5) is 21.3. The summed E-state index contributed by atoms with van der Waals surface area (Å²) in [6.07, 6.45) is 3.95. The first-order valence-electron chi connectivity index (χ1n) is 11.1. The number of nitrogens with zero attached hydrogens (tertiary/aromatic N) is 2. The first kappa shape index (κ1) is 23.1. The Labute approximate surface area is 198 Å². The van der Waals surface area contributed by atoms with Crippen LogP contribution in [0.3, 0.4) is 0 Å². The highest BCUT2D eigenvalue weighted by atomic mass is 19.1. The Hall–Kier alpha value is -4.10. The fourth-order valence-corrected chi connectivity index (χ4v) is 3.61. The van der Waals surface area contributed by atoms with Crippen molar-refractivity contribution in [2.45, 2.75) is 19.5 Å². The number of anilines is 1. The molecule has 2 aromatic carbocycles. The number of para-hydroxylation sites is 1. The van der Waals surface area contributed by atoms with Gasteiger partial charge in [0, 0.05) is 36.7 Å². The van der Waals surface area contributed by atoms with Gasteiger partial charge in [0.1, 0.15) is 5.82 Å². The average Bonchev–Trinajstić information content (AvgIpc) is 2.88. The van der Waals surface area contributed by atoms with Crippen molar-refractivity contribution in [2.75, 3.05) is 11.9 Å². The molecule has 4 aromatic rings. The van der Waals surface area contributed by atoms with Crippen LogP contribution in [-0.4, -0.2) is 22.4 Å². The molecule has 0 radical (unpaired) electrons. The van der Waals surface area contributed by atoms with Crippen molar-refractivity contribution < 1.29 is 9.18 Å². The van der Waals surface area contributed by atoms with Gasteiger partial charge in [-0.2, -0.15) is 0 Å². The van der Waals surface area contributed by atoms with Crippen molar-refractivity contribution in [2.24, 2.45) is 5.73 Å². The monoisotopic (exact) mass is 455 g/mol. The molecule has 0 saturated heterocycles. The summed E-state index contributed by atoms with van der Waals surface area (Å²) in [5.74, 6) is -0.452. The van der Waals surface area contributed by atoms with Gasteiger partial charge in [0.2, 0.25) is 0 Å². The molecule has 1 amide bonds. The van der Waals surface area contributed by atoms with E-state index in [1.54, 1.807) is 30.6 Å². The topological polar surface area (TPSA) is 92.9 Å². The molecular weight excluding hydrogens is 429 g/mol. The Balaban J connectivity index is 1.38. The van der Waals surface area contributed by atoms with Crippen LogP contribution in [0.4, 0.5) is 10.1 Å². The summed E-state index contributed by atoms with van der Waals surface area (Å²) in [6, 6.07) is 21.8. The van der Waals surface area contributed by atoms with Crippen LogP contribution in [0.25, 0.3) is 11.3 Å². The largest absolute Gasteiger partial charge is 0.384 e. The summed E-state index contributed by atoms with van der Waals surface area (Å²) < 4.78 is 13.4. The zero-order chi connectivity index (χ0) is 23.8. The lowest BCUT2D eigenvalue weighted by Crippen LogP contribution is -2.23. The third kappa shape index (κ3) is 6.02. The molecule has 34 heavy (non-hydrogen) atoms. The molecule has 4 rings (SSSR count). The summed E-state index contributed by atoms with van der Waals surface area (Å²) in [5.41, 5.74) is 11.4. The Bertz CT molecular complexity index is 1260. The molecule has 0 aliphatic heterocycles. The van der Waals surface area contributed by atoms with Gasteiger partial charge in [-0.1, -0.05) is 30.3 Å². The Kier molecular flexibility index (Phi) is 7.57. The quantitative estimate of drug-likeness (QED) is 0.349. The second-order valence-electron chi connectivity index (χ2n) is 7.83. The third-order valence-electron chi connectivity index (χ3n) is 5.39. The zero-order valence-electron chi connectivity index (χ0n) is 18.7. The van der Waals surface area contributed by atoms with Crippen molar-refractivity contribution in [3.63, 3.8) is 0 Å². The van der Waals surface area contributed by atoms with Crippen LogP contribution < -0.4 is 16.4 Å². The van der Waals surface area contributed by atoms with Gasteiger partial charge in [-0.25, -0.2) is 4.39 Å². The number of rotatable bonds is 9. The van der Waals surface area contributed by atoms with Gasteiger partial charge < -0.3 is 16.4 Å². The number of carbonyl (C=O) groups excluding carboxylic acids is 1. The maximum absolute atomic E-state index is 13.4. The molecule has 0 aliphatic carbocycles. The molecule has 0 atom stereocenters. The number of amides is 1. The van der Waals surface area contributed by atoms with Gasteiger partial charge >= 0.3 is 0 Å².